The standard InChI is InChI=1S/C15H17NOS/c1-17-14-10-12-5-7-16-6-4-11(12)9-13(14)15-3-2-8-18-15/h2-3,8-10,16H,4-7H2,1H3. The molecule has 1 aromatic heterocycles. The van der Waals surface area contributed by atoms with Crippen LogP contribution in [0.3, 0.4) is 0 Å². The van der Waals surface area contributed by atoms with Crippen LogP contribution in [0.1, 0.15) is 11.1 Å². The van der Waals surface area contributed by atoms with Crippen molar-refractivity contribution in [3.63, 3.8) is 0 Å². The summed E-state index contributed by atoms with van der Waals surface area (Å²) >= 11 is 1.77. The first-order valence-electron chi connectivity index (χ1n) is 6.33. The minimum Gasteiger partial charge on any atom is -0.496 e. The summed E-state index contributed by atoms with van der Waals surface area (Å²) in [6.07, 6.45) is 2.20. The quantitative estimate of drug-likeness (QED) is 0.894. The van der Waals surface area contributed by atoms with Gasteiger partial charge in [-0.1, -0.05) is 6.07 Å². The molecule has 3 rings (SSSR count). The van der Waals surface area contributed by atoms with E-state index in [-0.39, 0.29) is 0 Å². The zero-order chi connectivity index (χ0) is 12.4. The van der Waals surface area contributed by atoms with Gasteiger partial charge in [0, 0.05) is 10.4 Å². The fourth-order valence-electron chi connectivity index (χ4n) is 2.50. The molecule has 18 heavy (non-hydrogen) atoms. The molecule has 1 N–H and O–H groups in total. The second kappa shape index (κ2) is 5.12. The Morgan fingerprint density at radius 1 is 1.17 bits per heavy atom. The third-order valence-electron chi connectivity index (χ3n) is 3.45. The lowest BCUT2D eigenvalue weighted by Gasteiger charge is -2.13. The van der Waals surface area contributed by atoms with Crippen LogP contribution in [0.2, 0.25) is 0 Å². The predicted molar refractivity (Wildman–Crippen MR) is 76.6 cm³/mol. The van der Waals surface area contributed by atoms with E-state index in [9.17, 15) is 0 Å². The molecule has 0 saturated carbocycles. The van der Waals surface area contributed by atoms with Crippen molar-refractivity contribution in [2.45, 2.75) is 12.8 Å². The van der Waals surface area contributed by atoms with E-state index in [1.807, 2.05) is 0 Å². The van der Waals surface area contributed by atoms with Crippen LogP contribution in [-0.4, -0.2) is 20.2 Å². The number of hydrogen-bond acceptors (Lipinski definition) is 3. The molecule has 2 aromatic rings. The van der Waals surface area contributed by atoms with E-state index in [1.54, 1.807) is 18.4 Å². The highest BCUT2D eigenvalue weighted by Crippen LogP contribution is 2.36. The average molecular weight is 259 g/mol. The van der Waals surface area contributed by atoms with Crippen LogP contribution in [-0.2, 0) is 12.8 Å². The highest BCUT2D eigenvalue weighted by atomic mass is 32.1. The van der Waals surface area contributed by atoms with Crippen LogP contribution in [0.25, 0.3) is 10.4 Å². The van der Waals surface area contributed by atoms with Gasteiger partial charge in [0.1, 0.15) is 5.75 Å². The average Bonchev–Trinajstić information content (AvgIpc) is 2.83. The largest absolute Gasteiger partial charge is 0.496 e. The molecule has 94 valence electrons. The maximum Gasteiger partial charge on any atom is 0.127 e. The topological polar surface area (TPSA) is 21.3 Å². The monoisotopic (exact) mass is 259 g/mol. The summed E-state index contributed by atoms with van der Waals surface area (Å²) in [5, 5.41) is 5.56. The Bertz CT molecular complexity index is 534. The van der Waals surface area contributed by atoms with Gasteiger partial charge < -0.3 is 10.1 Å². The molecule has 3 heteroatoms. The van der Waals surface area contributed by atoms with Gasteiger partial charge in [-0.2, -0.15) is 0 Å². The normalized spacial score (nSPS) is 14.9. The SMILES string of the molecule is COc1cc2c(cc1-c1cccs1)CCNCC2. The second-order valence-electron chi connectivity index (χ2n) is 4.55. The fourth-order valence-corrected chi connectivity index (χ4v) is 3.24. The van der Waals surface area contributed by atoms with Crippen molar-refractivity contribution in [3.8, 4) is 16.2 Å². The van der Waals surface area contributed by atoms with Crippen LogP contribution in [0.4, 0.5) is 0 Å². The molecule has 0 fully saturated rings. The summed E-state index contributed by atoms with van der Waals surface area (Å²) in [6.45, 7) is 2.14. The maximum absolute atomic E-state index is 5.56. The molecule has 1 aliphatic rings. The van der Waals surface area contributed by atoms with Gasteiger partial charge in [-0.15, -0.1) is 11.3 Å². The molecule has 0 saturated heterocycles. The van der Waals surface area contributed by atoms with E-state index in [2.05, 4.69) is 35.0 Å². The van der Waals surface area contributed by atoms with E-state index < -0.39 is 0 Å². The summed E-state index contributed by atoms with van der Waals surface area (Å²) < 4.78 is 5.56. The minimum atomic E-state index is 0.998. The van der Waals surface area contributed by atoms with Crippen molar-refractivity contribution in [1.82, 2.24) is 5.32 Å². The van der Waals surface area contributed by atoms with Gasteiger partial charge in [0.25, 0.3) is 0 Å². The molecule has 0 spiro atoms. The summed E-state index contributed by atoms with van der Waals surface area (Å²) in [5.41, 5.74) is 4.12. The van der Waals surface area contributed by atoms with Crippen molar-refractivity contribution in [3.05, 3.63) is 40.8 Å². The van der Waals surface area contributed by atoms with Gasteiger partial charge in [0.2, 0.25) is 0 Å². The van der Waals surface area contributed by atoms with E-state index >= 15 is 0 Å². The first kappa shape index (κ1) is 11.8. The highest BCUT2D eigenvalue weighted by molar-refractivity contribution is 7.13. The number of rotatable bonds is 2. The van der Waals surface area contributed by atoms with E-state index in [0.717, 1.165) is 31.7 Å². The molecule has 2 nitrogen and oxygen atoms in total. The number of methoxy groups -OCH3 is 1. The fraction of sp³-hybridized carbons (Fsp3) is 0.333. The van der Waals surface area contributed by atoms with Crippen LogP contribution in [0, 0.1) is 0 Å². The Balaban J connectivity index is 2.11. The van der Waals surface area contributed by atoms with Crippen molar-refractivity contribution in [1.29, 1.82) is 0 Å². The molecule has 0 bridgehead atoms. The van der Waals surface area contributed by atoms with E-state index in [0.29, 0.717) is 0 Å². The number of fused-ring (bicyclic) bond motifs is 1. The Kier molecular flexibility index (Phi) is 3.35. The van der Waals surface area contributed by atoms with Gasteiger partial charge in [0.05, 0.1) is 7.11 Å². The zero-order valence-corrected chi connectivity index (χ0v) is 11.3. The summed E-state index contributed by atoms with van der Waals surface area (Å²) in [6, 6.07) is 8.78. The van der Waals surface area contributed by atoms with Crippen LogP contribution in [0.15, 0.2) is 29.6 Å². The first-order chi connectivity index (χ1) is 8.88. The number of nitrogens with one attached hydrogen (secondary N) is 1. The Hall–Kier alpha value is -1.32. The van der Waals surface area contributed by atoms with Gasteiger partial charge in [-0.25, -0.2) is 0 Å². The van der Waals surface area contributed by atoms with Crippen molar-refractivity contribution in [2.24, 2.45) is 0 Å². The van der Waals surface area contributed by atoms with E-state index in [4.69, 9.17) is 4.74 Å². The molecular weight excluding hydrogens is 242 g/mol. The Morgan fingerprint density at radius 2 is 1.94 bits per heavy atom. The molecule has 0 amide bonds. The second-order valence-corrected chi connectivity index (χ2v) is 5.50. The molecule has 0 atom stereocenters. The molecule has 0 aliphatic carbocycles. The molecule has 0 unspecified atom stereocenters. The smallest absolute Gasteiger partial charge is 0.127 e. The molecule has 1 aliphatic heterocycles. The lowest BCUT2D eigenvalue weighted by molar-refractivity contribution is 0.416. The van der Waals surface area contributed by atoms with Crippen LogP contribution >= 0.6 is 11.3 Å². The number of hydrogen-bond donors (Lipinski definition) is 1. The predicted octanol–water partition coefficient (Wildman–Crippen LogP) is 3.11. The van der Waals surface area contributed by atoms with Gasteiger partial charge >= 0.3 is 0 Å². The summed E-state index contributed by atoms with van der Waals surface area (Å²) in [5.74, 6) is 0.998. The Morgan fingerprint density at radius 3 is 2.61 bits per heavy atom. The third-order valence-corrected chi connectivity index (χ3v) is 4.35. The van der Waals surface area contributed by atoms with Crippen molar-refractivity contribution < 1.29 is 4.74 Å². The zero-order valence-electron chi connectivity index (χ0n) is 10.5. The maximum atomic E-state index is 5.56. The molecular formula is C15H17NOS. The van der Waals surface area contributed by atoms with Gasteiger partial charge in [-0.3, -0.25) is 0 Å². The van der Waals surface area contributed by atoms with Crippen LogP contribution in [0.5, 0.6) is 5.75 Å². The highest BCUT2D eigenvalue weighted by Gasteiger charge is 2.14. The van der Waals surface area contributed by atoms with Gasteiger partial charge in [-0.05, 0) is 60.6 Å². The lowest BCUT2D eigenvalue weighted by Crippen LogP contribution is -2.16. The summed E-state index contributed by atoms with van der Waals surface area (Å²) in [4.78, 5) is 1.28. The van der Waals surface area contributed by atoms with Crippen molar-refractivity contribution >= 4 is 11.3 Å². The third kappa shape index (κ3) is 2.16. The molecule has 2 heterocycles. The number of benzene rings is 1. The number of ether oxygens (including phenoxy) is 1. The number of thiophene rings is 1. The summed E-state index contributed by atoms with van der Waals surface area (Å²) in [7, 11) is 1.76. The first-order valence-corrected chi connectivity index (χ1v) is 7.21. The van der Waals surface area contributed by atoms with E-state index in [1.165, 1.54) is 21.6 Å². The molecule has 1 aromatic carbocycles. The lowest BCUT2D eigenvalue weighted by atomic mass is 9.98. The van der Waals surface area contributed by atoms with Crippen molar-refractivity contribution in [2.75, 3.05) is 20.2 Å². The van der Waals surface area contributed by atoms with Gasteiger partial charge in [0.15, 0.2) is 0 Å². The Labute approximate surface area is 112 Å². The van der Waals surface area contributed by atoms with Crippen LogP contribution < -0.4 is 10.1 Å². The molecule has 0 radical (unpaired) electrons. The minimum absolute atomic E-state index is 0.998.